The minimum absolute atomic E-state index is 0.0702. The largest absolute Gasteiger partial charge is 0.385 e. The standard InChI is InChI=1S/C16H24F2N2O2/c1-2-3-7-10-20-15(22)16(17,18)14(21)13(19)11-12-8-5-4-6-9-12/h4-6,8-9,13-14,21H,2-3,7,10-11,19H2,1H3,(H,20,22). The summed E-state index contributed by atoms with van der Waals surface area (Å²) in [4.78, 5) is 11.5. The number of hydrogen-bond acceptors (Lipinski definition) is 3. The SMILES string of the molecule is CCCCCNC(=O)C(F)(F)C(O)C(N)Cc1ccccc1. The van der Waals surface area contributed by atoms with Crippen LogP contribution in [0.2, 0.25) is 0 Å². The molecule has 2 atom stereocenters. The topological polar surface area (TPSA) is 75.3 Å². The third-order valence-electron chi connectivity index (χ3n) is 3.46. The molecule has 0 spiro atoms. The highest BCUT2D eigenvalue weighted by atomic mass is 19.3. The normalized spacial score (nSPS) is 14.4. The first-order valence-corrected chi connectivity index (χ1v) is 7.53. The van der Waals surface area contributed by atoms with Crippen LogP contribution < -0.4 is 11.1 Å². The van der Waals surface area contributed by atoms with Crippen LogP contribution in [-0.4, -0.2) is 35.6 Å². The van der Waals surface area contributed by atoms with Gasteiger partial charge in [0.25, 0.3) is 5.91 Å². The molecular formula is C16H24F2N2O2. The van der Waals surface area contributed by atoms with Crippen molar-refractivity contribution in [2.75, 3.05) is 6.54 Å². The second kappa shape index (κ2) is 8.80. The summed E-state index contributed by atoms with van der Waals surface area (Å²) in [6.45, 7) is 2.14. The van der Waals surface area contributed by atoms with Crippen molar-refractivity contribution in [3.8, 4) is 0 Å². The molecule has 1 rings (SSSR count). The molecule has 2 unspecified atom stereocenters. The molecule has 0 aliphatic carbocycles. The lowest BCUT2D eigenvalue weighted by atomic mass is 9.97. The number of nitrogens with one attached hydrogen (secondary N) is 1. The lowest BCUT2D eigenvalue weighted by Gasteiger charge is -2.26. The second-order valence-electron chi connectivity index (χ2n) is 5.38. The molecule has 0 fully saturated rings. The first-order valence-electron chi connectivity index (χ1n) is 7.53. The number of carbonyl (C=O) groups excluding carboxylic acids is 1. The van der Waals surface area contributed by atoms with Crippen LogP contribution in [0.4, 0.5) is 8.78 Å². The fraction of sp³-hybridized carbons (Fsp3) is 0.562. The van der Waals surface area contributed by atoms with E-state index in [1.165, 1.54) is 0 Å². The van der Waals surface area contributed by atoms with Gasteiger partial charge >= 0.3 is 5.92 Å². The zero-order valence-corrected chi connectivity index (χ0v) is 12.8. The highest BCUT2D eigenvalue weighted by Crippen LogP contribution is 2.22. The molecule has 1 amide bonds. The van der Waals surface area contributed by atoms with E-state index < -0.39 is 24.0 Å². The van der Waals surface area contributed by atoms with Gasteiger partial charge in [0.15, 0.2) is 0 Å². The summed E-state index contributed by atoms with van der Waals surface area (Å²) in [7, 11) is 0. The smallest absolute Gasteiger partial charge is 0.351 e. The molecule has 4 nitrogen and oxygen atoms in total. The zero-order chi connectivity index (χ0) is 16.6. The number of amides is 1. The van der Waals surface area contributed by atoms with Gasteiger partial charge in [0.2, 0.25) is 0 Å². The maximum absolute atomic E-state index is 13.9. The molecule has 0 radical (unpaired) electrons. The Bertz CT molecular complexity index is 455. The Morgan fingerprint density at radius 3 is 2.55 bits per heavy atom. The second-order valence-corrected chi connectivity index (χ2v) is 5.38. The molecule has 0 bridgehead atoms. The van der Waals surface area contributed by atoms with Gasteiger partial charge in [0, 0.05) is 12.6 Å². The van der Waals surface area contributed by atoms with Crippen molar-refractivity contribution in [1.82, 2.24) is 5.32 Å². The number of aliphatic hydroxyl groups excluding tert-OH is 1. The Labute approximate surface area is 129 Å². The summed E-state index contributed by atoms with van der Waals surface area (Å²) in [5, 5.41) is 11.9. The maximum Gasteiger partial charge on any atom is 0.351 e. The Balaban J connectivity index is 2.56. The van der Waals surface area contributed by atoms with E-state index in [1.807, 2.05) is 6.92 Å². The maximum atomic E-state index is 13.9. The molecule has 0 saturated carbocycles. The van der Waals surface area contributed by atoms with Gasteiger partial charge in [-0.25, -0.2) is 0 Å². The third kappa shape index (κ3) is 5.35. The van der Waals surface area contributed by atoms with E-state index in [1.54, 1.807) is 30.3 Å². The number of rotatable bonds is 9. The van der Waals surface area contributed by atoms with Crippen molar-refractivity contribution in [2.24, 2.45) is 5.73 Å². The average Bonchev–Trinajstić information content (AvgIpc) is 2.51. The minimum Gasteiger partial charge on any atom is -0.385 e. The first-order chi connectivity index (χ1) is 10.4. The van der Waals surface area contributed by atoms with Crippen LogP contribution >= 0.6 is 0 Å². The Morgan fingerprint density at radius 2 is 1.95 bits per heavy atom. The summed E-state index contributed by atoms with van der Waals surface area (Å²) >= 11 is 0. The van der Waals surface area contributed by atoms with Gasteiger partial charge < -0.3 is 16.2 Å². The van der Waals surface area contributed by atoms with Crippen molar-refractivity contribution in [3.05, 3.63) is 35.9 Å². The van der Waals surface area contributed by atoms with Crippen LogP contribution in [0.1, 0.15) is 31.7 Å². The van der Waals surface area contributed by atoms with Gasteiger partial charge in [-0.2, -0.15) is 8.78 Å². The molecule has 0 aromatic heterocycles. The van der Waals surface area contributed by atoms with Crippen molar-refractivity contribution < 1.29 is 18.7 Å². The Kier molecular flexibility index (Phi) is 7.41. The van der Waals surface area contributed by atoms with E-state index in [4.69, 9.17) is 5.73 Å². The van der Waals surface area contributed by atoms with Crippen molar-refractivity contribution in [3.63, 3.8) is 0 Å². The van der Waals surface area contributed by atoms with Crippen molar-refractivity contribution >= 4 is 5.91 Å². The number of nitrogens with two attached hydrogens (primary N) is 1. The number of alkyl halides is 2. The van der Waals surface area contributed by atoms with E-state index in [-0.39, 0.29) is 13.0 Å². The number of hydrogen-bond donors (Lipinski definition) is 3. The molecule has 1 aromatic carbocycles. The van der Waals surface area contributed by atoms with Gasteiger partial charge in [-0.3, -0.25) is 4.79 Å². The van der Waals surface area contributed by atoms with Crippen LogP contribution in [-0.2, 0) is 11.2 Å². The van der Waals surface area contributed by atoms with Crippen LogP contribution in [0.25, 0.3) is 0 Å². The fourth-order valence-electron chi connectivity index (χ4n) is 2.10. The molecule has 4 N–H and O–H groups in total. The Morgan fingerprint density at radius 1 is 1.32 bits per heavy atom. The number of unbranched alkanes of at least 4 members (excludes halogenated alkanes) is 2. The van der Waals surface area contributed by atoms with Crippen LogP contribution in [0, 0.1) is 0 Å². The minimum atomic E-state index is -3.90. The predicted molar refractivity (Wildman–Crippen MR) is 81.6 cm³/mol. The molecule has 22 heavy (non-hydrogen) atoms. The lowest BCUT2D eigenvalue weighted by Crippen LogP contribution is -2.56. The molecule has 1 aromatic rings. The van der Waals surface area contributed by atoms with E-state index >= 15 is 0 Å². The van der Waals surface area contributed by atoms with Gasteiger partial charge in [-0.05, 0) is 18.4 Å². The summed E-state index contributed by atoms with van der Waals surface area (Å²) in [6, 6.07) is 7.55. The zero-order valence-electron chi connectivity index (χ0n) is 12.8. The molecule has 0 aliphatic heterocycles. The monoisotopic (exact) mass is 314 g/mol. The van der Waals surface area contributed by atoms with Gasteiger partial charge in [0.05, 0.1) is 0 Å². The average molecular weight is 314 g/mol. The molecule has 0 saturated heterocycles. The number of carbonyl (C=O) groups is 1. The van der Waals surface area contributed by atoms with Crippen LogP contribution in [0.15, 0.2) is 30.3 Å². The molecule has 124 valence electrons. The lowest BCUT2D eigenvalue weighted by molar-refractivity contribution is -0.165. The predicted octanol–water partition coefficient (Wildman–Crippen LogP) is 1.86. The summed E-state index contributed by atoms with van der Waals surface area (Å²) < 4.78 is 27.9. The Hall–Kier alpha value is -1.53. The quantitative estimate of drug-likeness (QED) is 0.609. The van der Waals surface area contributed by atoms with E-state index in [2.05, 4.69) is 5.32 Å². The highest BCUT2D eigenvalue weighted by Gasteiger charge is 2.48. The number of halogens is 2. The van der Waals surface area contributed by atoms with Crippen molar-refractivity contribution in [1.29, 1.82) is 0 Å². The van der Waals surface area contributed by atoms with Gasteiger partial charge in [-0.15, -0.1) is 0 Å². The molecule has 0 heterocycles. The van der Waals surface area contributed by atoms with Crippen LogP contribution in [0.5, 0.6) is 0 Å². The summed E-state index contributed by atoms with van der Waals surface area (Å²) in [5.74, 6) is -5.37. The van der Waals surface area contributed by atoms with E-state index in [0.29, 0.717) is 6.42 Å². The molecular weight excluding hydrogens is 290 g/mol. The van der Waals surface area contributed by atoms with Gasteiger partial charge in [-0.1, -0.05) is 50.1 Å². The van der Waals surface area contributed by atoms with Crippen LogP contribution in [0.3, 0.4) is 0 Å². The van der Waals surface area contributed by atoms with Gasteiger partial charge in [0.1, 0.15) is 6.10 Å². The summed E-state index contributed by atoms with van der Waals surface area (Å²) in [6.07, 6.45) is 0.253. The number of aliphatic hydroxyl groups is 1. The first kappa shape index (κ1) is 18.5. The van der Waals surface area contributed by atoms with E-state index in [9.17, 15) is 18.7 Å². The third-order valence-corrected chi connectivity index (χ3v) is 3.46. The summed E-state index contributed by atoms with van der Waals surface area (Å²) in [5.41, 5.74) is 6.37. The fourth-order valence-corrected chi connectivity index (χ4v) is 2.10. The number of benzene rings is 1. The molecule has 6 heteroatoms. The molecule has 0 aliphatic rings. The van der Waals surface area contributed by atoms with E-state index in [0.717, 1.165) is 18.4 Å². The van der Waals surface area contributed by atoms with Crippen molar-refractivity contribution in [2.45, 2.75) is 50.7 Å². The highest BCUT2D eigenvalue weighted by molar-refractivity contribution is 5.84.